The number of benzene rings is 1. The number of halogens is 2. The van der Waals surface area contributed by atoms with Gasteiger partial charge < -0.3 is 14.2 Å². The summed E-state index contributed by atoms with van der Waals surface area (Å²) in [5.74, 6) is -1.87. The largest absolute Gasteiger partial charge is 0.498 e. The quantitative estimate of drug-likeness (QED) is 0.386. The standard InChI is InChI=1S/C22H28F2O3.C3H8/c1-5-6-17-7-9-18(10-8-17)14-27-16(3)26-13-15(2)19-11-12-20(25-4)22(24)21(19)23;1-3-2/h5-10,15-16H,11-14H2,1-4H3;3H2,1-2H3/b6-5+;. The maximum absolute atomic E-state index is 14.2. The molecule has 0 radical (unpaired) electrons. The fraction of sp³-hybridized carbons (Fsp3) is 0.520. The first-order valence-corrected chi connectivity index (χ1v) is 10.6. The minimum absolute atomic E-state index is 0.0708. The summed E-state index contributed by atoms with van der Waals surface area (Å²) < 4.78 is 44.3. The predicted molar refractivity (Wildman–Crippen MR) is 119 cm³/mol. The first kappa shape index (κ1) is 26.1. The van der Waals surface area contributed by atoms with E-state index in [9.17, 15) is 8.78 Å². The van der Waals surface area contributed by atoms with Gasteiger partial charge in [0.15, 0.2) is 17.9 Å². The van der Waals surface area contributed by atoms with Crippen LogP contribution in [0, 0.1) is 5.92 Å². The molecule has 3 nitrogen and oxygen atoms in total. The molecule has 0 saturated carbocycles. The molecular formula is C25H36F2O3. The van der Waals surface area contributed by atoms with Gasteiger partial charge in [-0.3, -0.25) is 0 Å². The van der Waals surface area contributed by atoms with Gasteiger partial charge in [0.2, 0.25) is 0 Å². The third-order valence-electron chi connectivity index (χ3n) is 4.59. The highest BCUT2D eigenvalue weighted by Gasteiger charge is 2.26. The van der Waals surface area contributed by atoms with Gasteiger partial charge in [-0.25, -0.2) is 8.78 Å². The monoisotopic (exact) mass is 422 g/mol. The van der Waals surface area contributed by atoms with E-state index >= 15 is 0 Å². The van der Waals surface area contributed by atoms with Gasteiger partial charge in [-0.2, -0.15) is 0 Å². The van der Waals surface area contributed by atoms with Crippen molar-refractivity contribution >= 4 is 6.08 Å². The van der Waals surface area contributed by atoms with Crippen LogP contribution in [0.25, 0.3) is 6.08 Å². The van der Waals surface area contributed by atoms with Gasteiger partial charge in [0.1, 0.15) is 5.76 Å². The van der Waals surface area contributed by atoms with E-state index in [0.717, 1.165) is 11.1 Å². The number of ether oxygens (including phenoxy) is 3. The Labute approximate surface area is 180 Å². The van der Waals surface area contributed by atoms with Crippen LogP contribution < -0.4 is 0 Å². The molecular weight excluding hydrogens is 386 g/mol. The summed E-state index contributed by atoms with van der Waals surface area (Å²) in [5, 5.41) is 0. The number of hydrogen-bond donors (Lipinski definition) is 0. The SMILES string of the molecule is C/C=C/c1ccc(COC(C)OCC(C)C2=C(F)C(F)=C(OC)CC2)cc1.CCC. The molecule has 0 heterocycles. The van der Waals surface area contributed by atoms with Gasteiger partial charge >= 0.3 is 0 Å². The summed E-state index contributed by atoms with van der Waals surface area (Å²) in [6, 6.07) is 8.08. The molecule has 0 amide bonds. The van der Waals surface area contributed by atoms with Crippen LogP contribution in [-0.4, -0.2) is 20.0 Å². The van der Waals surface area contributed by atoms with Crippen LogP contribution in [0.15, 0.2) is 53.3 Å². The van der Waals surface area contributed by atoms with E-state index in [1.807, 2.05) is 50.3 Å². The summed E-state index contributed by atoms with van der Waals surface area (Å²) in [4.78, 5) is 0. The number of methoxy groups -OCH3 is 1. The molecule has 0 bridgehead atoms. The fourth-order valence-electron chi connectivity index (χ4n) is 2.95. The molecule has 30 heavy (non-hydrogen) atoms. The Kier molecular flexibility index (Phi) is 12.2. The fourth-order valence-corrected chi connectivity index (χ4v) is 2.95. The lowest BCUT2D eigenvalue weighted by atomic mass is 9.92. The van der Waals surface area contributed by atoms with Gasteiger partial charge in [-0.15, -0.1) is 0 Å². The molecule has 0 aliphatic heterocycles. The Morgan fingerprint density at radius 1 is 1.00 bits per heavy atom. The highest BCUT2D eigenvalue weighted by molar-refractivity contribution is 5.49. The molecule has 5 heteroatoms. The van der Waals surface area contributed by atoms with E-state index in [0.29, 0.717) is 25.0 Å². The summed E-state index contributed by atoms with van der Waals surface area (Å²) >= 11 is 0. The van der Waals surface area contributed by atoms with Crippen molar-refractivity contribution in [1.82, 2.24) is 0 Å². The topological polar surface area (TPSA) is 27.7 Å². The van der Waals surface area contributed by atoms with E-state index in [2.05, 4.69) is 13.8 Å². The molecule has 2 atom stereocenters. The van der Waals surface area contributed by atoms with Crippen LogP contribution in [0.2, 0.25) is 0 Å². The van der Waals surface area contributed by atoms with E-state index in [4.69, 9.17) is 14.2 Å². The zero-order valence-electron chi connectivity index (χ0n) is 19.1. The summed E-state index contributed by atoms with van der Waals surface area (Å²) in [6.07, 6.45) is 5.63. The van der Waals surface area contributed by atoms with Crippen LogP contribution in [0.1, 0.15) is 65.0 Å². The van der Waals surface area contributed by atoms with Gasteiger partial charge in [0.25, 0.3) is 0 Å². The molecule has 168 valence electrons. The maximum Gasteiger partial charge on any atom is 0.196 e. The molecule has 2 unspecified atom stereocenters. The van der Waals surface area contributed by atoms with Crippen LogP contribution in [0.4, 0.5) is 8.78 Å². The van der Waals surface area contributed by atoms with Crippen LogP contribution >= 0.6 is 0 Å². The molecule has 0 saturated heterocycles. The molecule has 1 aromatic carbocycles. The van der Waals surface area contributed by atoms with E-state index in [1.165, 1.54) is 13.5 Å². The smallest absolute Gasteiger partial charge is 0.196 e. The number of allylic oxidation sites excluding steroid dienone is 4. The molecule has 2 rings (SSSR count). The molecule has 0 aromatic heterocycles. The first-order chi connectivity index (χ1) is 14.4. The van der Waals surface area contributed by atoms with E-state index < -0.39 is 17.9 Å². The van der Waals surface area contributed by atoms with Crippen molar-refractivity contribution in [1.29, 1.82) is 0 Å². The zero-order chi connectivity index (χ0) is 22.5. The minimum atomic E-state index is -0.892. The Morgan fingerprint density at radius 3 is 2.20 bits per heavy atom. The number of hydrogen-bond acceptors (Lipinski definition) is 3. The molecule has 1 aliphatic rings. The first-order valence-electron chi connectivity index (χ1n) is 10.6. The molecule has 1 aromatic rings. The zero-order valence-corrected chi connectivity index (χ0v) is 19.1. The molecule has 1 aliphatic carbocycles. The third-order valence-corrected chi connectivity index (χ3v) is 4.59. The second-order valence-electron chi connectivity index (χ2n) is 7.34. The third kappa shape index (κ3) is 8.41. The van der Waals surface area contributed by atoms with Crippen molar-refractivity contribution in [2.45, 2.75) is 66.8 Å². The average molecular weight is 423 g/mol. The van der Waals surface area contributed by atoms with Gasteiger partial charge in [-0.05, 0) is 37.0 Å². The van der Waals surface area contributed by atoms with Gasteiger partial charge in [0.05, 0.1) is 20.3 Å². The van der Waals surface area contributed by atoms with E-state index in [1.54, 1.807) is 6.92 Å². The van der Waals surface area contributed by atoms with Crippen molar-refractivity contribution in [3.05, 3.63) is 64.5 Å². The highest BCUT2D eigenvalue weighted by Crippen LogP contribution is 2.36. The minimum Gasteiger partial charge on any atom is -0.498 e. The Bertz CT molecular complexity index is 720. The maximum atomic E-state index is 14.2. The summed E-state index contributed by atoms with van der Waals surface area (Å²) in [5.41, 5.74) is 2.62. The Morgan fingerprint density at radius 2 is 1.63 bits per heavy atom. The Hall–Kier alpha value is -1.98. The summed E-state index contributed by atoms with van der Waals surface area (Å²) in [6.45, 7) is 10.5. The molecule has 0 fully saturated rings. The van der Waals surface area contributed by atoms with Crippen LogP contribution in [-0.2, 0) is 20.8 Å². The summed E-state index contributed by atoms with van der Waals surface area (Å²) in [7, 11) is 1.35. The second kappa shape index (κ2) is 14.1. The predicted octanol–water partition coefficient (Wildman–Crippen LogP) is 7.50. The lowest BCUT2D eigenvalue weighted by Gasteiger charge is -2.23. The lowest BCUT2D eigenvalue weighted by molar-refractivity contribution is -0.142. The number of rotatable bonds is 9. The van der Waals surface area contributed by atoms with Crippen molar-refractivity contribution < 1.29 is 23.0 Å². The van der Waals surface area contributed by atoms with Crippen molar-refractivity contribution in [2.24, 2.45) is 5.92 Å². The van der Waals surface area contributed by atoms with Gasteiger partial charge in [0, 0.05) is 12.3 Å². The normalized spacial score (nSPS) is 16.4. The van der Waals surface area contributed by atoms with Crippen LogP contribution in [0.3, 0.4) is 0 Å². The average Bonchev–Trinajstić information content (AvgIpc) is 2.74. The van der Waals surface area contributed by atoms with Crippen molar-refractivity contribution in [2.75, 3.05) is 13.7 Å². The molecule has 0 spiro atoms. The van der Waals surface area contributed by atoms with Crippen LogP contribution in [0.5, 0.6) is 0 Å². The lowest BCUT2D eigenvalue weighted by Crippen LogP contribution is -2.20. The van der Waals surface area contributed by atoms with Gasteiger partial charge in [-0.1, -0.05) is 63.6 Å². The van der Waals surface area contributed by atoms with Crippen molar-refractivity contribution in [3.63, 3.8) is 0 Å². The highest BCUT2D eigenvalue weighted by atomic mass is 19.2. The molecule has 0 N–H and O–H groups in total. The van der Waals surface area contributed by atoms with E-state index in [-0.39, 0.29) is 18.3 Å². The Balaban J connectivity index is 0.00000141. The second-order valence-corrected chi connectivity index (χ2v) is 7.34. The van der Waals surface area contributed by atoms with Crippen molar-refractivity contribution in [3.8, 4) is 0 Å².